The molecule has 0 heterocycles. The minimum Gasteiger partial charge on any atom is -0.462 e. The van der Waals surface area contributed by atoms with Crippen LogP contribution < -0.4 is 0 Å². The van der Waals surface area contributed by atoms with E-state index in [0.717, 1.165) is 57.8 Å². The van der Waals surface area contributed by atoms with Gasteiger partial charge in [-0.15, -0.1) is 0 Å². The third-order valence-corrected chi connectivity index (χ3v) is 12.8. The number of carbonyl (C=O) groups is 2. The quantitative estimate of drug-likeness (QED) is 0.0374. The molecule has 0 radical (unpaired) electrons. The lowest BCUT2D eigenvalue weighted by Gasteiger charge is -2.15. The summed E-state index contributed by atoms with van der Waals surface area (Å²) in [6.45, 7) is 4.01. The van der Waals surface area contributed by atoms with Gasteiger partial charge in [-0.2, -0.15) is 0 Å². The maximum absolute atomic E-state index is 12.2. The number of esters is 2. The van der Waals surface area contributed by atoms with Crippen LogP contribution in [0.3, 0.4) is 0 Å². The Morgan fingerprint density at radius 3 is 0.970 bits per heavy atom. The van der Waals surface area contributed by atoms with Gasteiger partial charge in [0.2, 0.25) is 0 Å². The van der Waals surface area contributed by atoms with Crippen molar-refractivity contribution in [2.75, 3.05) is 13.2 Å². The number of carbonyl (C=O) groups excluding carboxylic acids is 2. The molecule has 384 valence electrons. The van der Waals surface area contributed by atoms with Crippen LogP contribution in [-0.4, -0.2) is 36.4 Å². The van der Waals surface area contributed by atoms with E-state index < -0.39 is 6.10 Å². The Bertz CT molecular complexity index is 1130. The molecule has 0 aliphatic rings. The first-order valence-corrected chi connectivity index (χ1v) is 28.8. The molecule has 0 spiro atoms. The smallest absolute Gasteiger partial charge is 0.306 e. The zero-order chi connectivity index (χ0) is 47.7. The molecule has 0 saturated carbocycles. The van der Waals surface area contributed by atoms with Crippen LogP contribution >= 0.6 is 0 Å². The van der Waals surface area contributed by atoms with Crippen LogP contribution in [0.5, 0.6) is 0 Å². The van der Waals surface area contributed by atoms with Crippen molar-refractivity contribution in [3.8, 4) is 0 Å². The van der Waals surface area contributed by atoms with E-state index in [1.54, 1.807) is 0 Å². The van der Waals surface area contributed by atoms with E-state index in [2.05, 4.69) is 74.6 Å². The van der Waals surface area contributed by atoms with E-state index >= 15 is 0 Å². The van der Waals surface area contributed by atoms with E-state index in [1.807, 2.05) is 0 Å². The second-order valence-corrected chi connectivity index (χ2v) is 19.3. The molecule has 0 saturated heterocycles. The highest BCUT2D eigenvalue weighted by Crippen LogP contribution is 2.18. The Morgan fingerprint density at radius 2 is 0.652 bits per heavy atom. The lowest BCUT2D eigenvalue weighted by molar-refractivity contribution is -0.161. The van der Waals surface area contributed by atoms with Gasteiger partial charge in [0.25, 0.3) is 0 Å². The molecule has 0 amide bonds. The SMILES string of the molecule is CC/C=C\C/C=C\C/C=C\C/C=C\C/C=C\CCCC(=O)OC(CO)COC(=O)CCCCCCCCCCCCCCCCCCCCCCCCCCCCCCCCCCCCC. The summed E-state index contributed by atoms with van der Waals surface area (Å²) in [5, 5.41) is 9.62. The first-order valence-electron chi connectivity index (χ1n) is 28.8. The third-order valence-electron chi connectivity index (χ3n) is 12.8. The van der Waals surface area contributed by atoms with Gasteiger partial charge in [0.05, 0.1) is 6.61 Å². The molecule has 0 bridgehead atoms. The molecule has 0 aliphatic carbocycles. The molecule has 5 nitrogen and oxygen atoms in total. The Morgan fingerprint density at radius 1 is 0.364 bits per heavy atom. The van der Waals surface area contributed by atoms with Gasteiger partial charge in [0, 0.05) is 12.8 Å². The van der Waals surface area contributed by atoms with Gasteiger partial charge in [-0.25, -0.2) is 0 Å². The first-order chi connectivity index (χ1) is 32.6. The fourth-order valence-corrected chi connectivity index (χ4v) is 8.54. The Labute approximate surface area is 411 Å². The first kappa shape index (κ1) is 63.6. The molecule has 1 unspecified atom stereocenters. The minimum atomic E-state index is -0.803. The molecule has 0 rings (SSSR count). The molecule has 66 heavy (non-hydrogen) atoms. The summed E-state index contributed by atoms with van der Waals surface area (Å²) in [7, 11) is 0. The van der Waals surface area contributed by atoms with Crippen molar-refractivity contribution in [1.29, 1.82) is 0 Å². The standard InChI is InChI=1S/C61H110O5/c1-3-5-7-9-11-13-15-17-19-21-22-23-24-25-26-27-28-29-30-31-32-33-34-35-36-37-38-40-41-43-45-47-49-51-53-55-60(63)65-58-59(57-62)66-61(64)56-54-52-50-48-46-44-42-39-20-18-16-14-12-10-8-6-4-2/h6,8,12,14,18,20,42,44,48,50,59,62H,3-5,7,9-11,13,15-17,19,21-41,43,45-47,49,51-58H2,1-2H3/b8-6-,14-12-,20-18-,44-42-,50-48-. The number of aliphatic hydroxyl groups is 1. The molecule has 0 aromatic heterocycles. The molecule has 1 atom stereocenters. The summed E-state index contributed by atoms with van der Waals surface area (Å²) in [6, 6.07) is 0. The van der Waals surface area contributed by atoms with Crippen molar-refractivity contribution in [3.05, 3.63) is 60.8 Å². The fraction of sp³-hybridized carbons (Fsp3) is 0.803. The summed E-state index contributed by atoms with van der Waals surface area (Å²) < 4.78 is 10.6. The van der Waals surface area contributed by atoms with Crippen molar-refractivity contribution in [2.45, 2.75) is 302 Å². The lowest BCUT2D eigenvalue weighted by Crippen LogP contribution is -2.28. The van der Waals surface area contributed by atoms with E-state index in [0.29, 0.717) is 12.8 Å². The van der Waals surface area contributed by atoms with Crippen LogP contribution in [0.25, 0.3) is 0 Å². The number of ether oxygens (including phenoxy) is 2. The number of allylic oxidation sites excluding steroid dienone is 10. The normalized spacial score (nSPS) is 12.6. The highest BCUT2D eigenvalue weighted by Gasteiger charge is 2.16. The number of unbranched alkanes of at least 4 members (excludes halogenated alkanes) is 35. The molecule has 0 aromatic rings. The van der Waals surface area contributed by atoms with E-state index in [1.165, 1.54) is 205 Å². The van der Waals surface area contributed by atoms with Gasteiger partial charge in [0.15, 0.2) is 6.10 Å². The second-order valence-electron chi connectivity index (χ2n) is 19.3. The van der Waals surface area contributed by atoms with Crippen molar-refractivity contribution >= 4 is 11.9 Å². The maximum atomic E-state index is 12.2. The van der Waals surface area contributed by atoms with Gasteiger partial charge in [-0.1, -0.05) is 293 Å². The monoisotopic (exact) mass is 923 g/mol. The van der Waals surface area contributed by atoms with Crippen molar-refractivity contribution in [3.63, 3.8) is 0 Å². The molecule has 5 heteroatoms. The lowest BCUT2D eigenvalue weighted by atomic mass is 10.0. The fourth-order valence-electron chi connectivity index (χ4n) is 8.54. The molecule has 0 aromatic carbocycles. The predicted octanol–water partition coefficient (Wildman–Crippen LogP) is 19.4. The van der Waals surface area contributed by atoms with Crippen molar-refractivity contribution in [2.24, 2.45) is 0 Å². The Balaban J connectivity index is 3.43. The number of hydrogen-bond acceptors (Lipinski definition) is 5. The minimum absolute atomic E-state index is 0.0878. The Kier molecular flexibility index (Phi) is 54.9. The molecular weight excluding hydrogens is 813 g/mol. The number of rotatable bonds is 53. The van der Waals surface area contributed by atoms with E-state index in [9.17, 15) is 14.7 Å². The van der Waals surface area contributed by atoms with Crippen LogP contribution in [0.4, 0.5) is 0 Å². The Hall–Kier alpha value is -2.40. The topological polar surface area (TPSA) is 72.8 Å². The highest BCUT2D eigenvalue weighted by atomic mass is 16.6. The van der Waals surface area contributed by atoms with Crippen LogP contribution in [0.15, 0.2) is 60.8 Å². The highest BCUT2D eigenvalue weighted by molar-refractivity contribution is 5.70. The van der Waals surface area contributed by atoms with Gasteiger partial charge >= 0.3 is 11.9 Å². The molecular formula is C61H110O5. The van der Waals surface area contributed by atoms with Crippen LogP contribution in [0, 0.1) is 0 Å². The van der Waals surface area contributed by atoms with Gasteiger partial charge in [0.1, 0.15) is 6.61 Å². The summed E-state index contributed by atoms with van der Waals surface area (Å²) in [5.41, 5.74) is 0. The van der Waals surface area contributed by atoms with Gasteiger partial charge in [-0.05, 0) is 51.4 Å². The summed E-state index contributed by atoms with van der Waals surface area (Å²) in [6.07, 6.45) is 76.6. The number of aliphatic hydroxyl groups excluding tert-OH is 1. The van der Waals surface area contributed by atoms with Crippen LogP contribution in [-0.2, 0) is 19.1 Å². The number of hydrogen-bond donors (Lipinski definition) is 1. The van der Waals surface area contributed by atoms with E-state index in [-0.39, 0.29) is 31.6 Å². The molecule has 0 aliphatic heterocycles. The van der Waals surface area contributed by atoms with Gasteiger partial charge < -0.3 is 14.6 Å². The third kappa shape index (κ3) is 54.2. The van der Waals surface area contributed by atoms with Gasteiger partial charge in [-0.3, -0.25) is 9.59 Å². The average Bonchev–Trinajstić information content (AvgIpc) is 3.32. The van der Waals surface area contributed by atoms with Crippen molar-refractivity contribution in [1.82, 2.24) is 0 Å². The summed E-state index contributed by atoms with van der Waals surface area (Å²) in [5.74, 6) is -0.650. The zero-order valence-electron chi connectivity index (χ0n) is 44.0. The van der Waals surface area contributed by atoms with E-state index in [4.69, 9.17) is 9.47 Å². The second kappa shape index (κ2) is 56.9. The molecule has 1 N–H and O–H groups in total. The van der Waals surface area contributed by atoms with Crippen LogP contribution in [0.1, 0.15) is 296 Å². The zero-order valence-corrected chi connectivity index (χ0v) is 44.0. The largest absolute Gasteiger partial charge is 0.462 e. The summed E-state index contributed by atoms with van der Waals surface area (Å²) in [4.78, 5) is 24.4. The average molecular weight is 924 g/mol. The van der Waals surface area contributed by atoms with Crippen molar-refractivity contribution < 1.29 is 24.2 Å². The predicted molar refractivity (Wildman–Crippen MR) is 288 cm³/mol. The van der Waals surface area contributed by atoms with Crippen LogP contribution in [0.2, 0.25) is 0 Å². The molecule has 0 fully saturated rings. The summed E-state index contributed by atoms with van der Waals surface area (Å²) >= 11 is 0. The maximum Gasteiger partial charge on any atom is 0.306 e.